The summed E-state index contributed by atoms with van der Waals surface area (Å²) in [6.45, 7) is 9.10. The number of carbonyl (C=O) groups excluding carboxylic acids is 1. The van der Waals surface area contributed by atoms with E-state index in [0.717, 1.165) is 16.3 Å². The fourth-order valence-corrected chi connectivity index (χ4v) is 5.96. The first-order chi connectivity index (χ1) is 12.2. The summed E-state index contributed by atoms with van der Waals surface area (Å²) in [5.74, 6) is 0.0617. The minimum Gasteiger partial charge on any atom is -0.336 e. The van der Waals surface area contributed by atoms with Crippen molar-refractivity contribution in [2.45, 2.75) is 37.8 Å². The van der Waals surface area contributed by atoms with Crippen molar-refractivity contribution in [3.05, 3.63) is 34.0 Å². The molecule has 0 bridgehead atoms. The van der Waals surface area contributed by atoms with Gasteiger partial charge in [-0.1, -0.05) is 13.8 Å². The molecule has 7 nitrogen and oxygen atoms in total. The molecule has 0 radical (unpaired) electrons. The average molecular weight is 397 g/mol. The maximum absolute atomic E-state index is 12.9. The van der Waals surface area contributed by atoms with Crippen LogP contribution in [-0.2, 0) is 10.0 Å². The molecule has 1 N–H and O–H groups in total. The number of hydrogen-bond donors (Lipinski definition) is 1. The van der Waals surface area contributed by atoms with E-state index in [0.29, 0.717) is 36.0 Å². The Morgan fingerprint density at radius 1 is 1.19 bits per heavy atom. The lowest BCUT2D eigenvalue weighted by molar-refractivity contribution is 0.0696. The molecular formula is C17H24N4O3S2. The Hall–Kier alpha value is -1.71. The molecule has 0 saturated carbocycles. The summed E-state index contributed by atoms with van der Waals surface area (Å²) >= 11 is 1.28. The smallest absolute Gasteiger partial charge is 0.257 e. The average Bonchev–Trinajstić information content (AvgIpc) is 3.20. The fraction of sp³-hybridized carbons (Fsp3) is 0.529. The third-order valence-electron chi connectivity index (χ3n) is 4.57. The third kappa shape index (κ3) is 3.43. The predicted octanol–water partition coefficient (Wildman–Crippen LogP) is 2.36. The molecule has 1 aliphatic heterocycles. The van der Waals surface area contributed by atoms with Gasteiger partial charge in [-0.05, 0) is 31.9 Å². The molecule has 142 valence electrons. The van der Waals surface area contributed by atoms with Gasteiger partial charge in [0, 0.05) is 36.8 Å². The molecule has 0 spiro atoms. The van der Waals surface area contributed by atoms with Crippen LogP contribution in [0.3, 0.4) is 0 Å². The zero-order valence-electron chi connectivity index (χ0n) is 15.4. The molecule has 1 saturated heterocycles. The summed E-state index contributed by atoms with van der Waals surface area (Å²) in [5, 5.41) is 7.14. The number of nitrogens with one attached hydrogen (secondary N) is 1. The molecule has 0 atom stereocenters. The number of sulfonamides is 1. The summed E-state index contributed by atoms with van der Waals surface area (Å²) in [5.41, 5.74) is 2.13. The lowest BCUT2D eigenvalue weighted by Gasteiger charge is -2.34. The highest BCUT2D eigenvalue weighted by Gasteiger charge is 2.33. The first-order valence-corrected chi connectivity index (χ1v) is 10.9. The molecule has 3 rings (SSSR count). The van der Waals surface area contributed by atoms with Crippen LogP contribution in [0.1, 0.15) is 46.4 Å². The van der Waals surface area contributed by atoms with Crippen LogP contribution in [0.4, 0.5) is 0 Å². The van der Waals surface area contributed by atoms with Gasteiger partial charge in [-0.25, -0.2) is 8.42 Å². The first kappa shape index (κ1) is 19.1. The van der Waals surface area contributed by atoms with Crippen LogP contribution in [0.2, 0.25) is 0 Å². The molecule has 2 aromatic heterocycles. The highest BCUT2D eigenvalue weighted by atomic mass is 32.2. The van der Waals surface area contributed by atoms with Crippen molar-refractivity contribution in [1.82, 2.24) is 19.4 Å². The molecule has 1 amide bonds. The largest absolute Gasteiger partial charge is 0.336 e. The van der Waals surface area contributed by atoms with E-state index >= 15 is 0 Å². The quantitative estimate of drug-likeness (QED) is 0.859. The Balaban J connectivity index is 1.73. The van der Waals surface area contributed by atoms with Gasteiger partial charge in [0.1, 0.15) is 4.21 Å². The highest BCUT2D eigenvalue weighted by Crippen LogP contribution is 2.26. The van der Waals surface area contributed by atoms with Crippen molar-refractivity contribution in [2.24, 2.45) is 0 Å². The maximum Gasteiger partial charge on any atom is 0.257 e. The standard InChI is InChI=1S/C17H24N4O3S2/c1-11(2)16-15(13(4)18-19-16)17(22)20-7-9-21(10-8-20)26(23,24)14-6-5-12(3)25-14/h5-6,11H,7-10H2,1-4H3,(H,18,19). The van der Waals surface area contributed by atoms with E-state index < -0.39 is 10.0 Å². The number of piperazine rings is 1. The van der Waals surface area contributed by atoms with Crippen LogP contribution in [0.25, 0.3) is 0 Å². The number of aryl methyl sites for hydroxylation is 2. The van der Waals surface area contributed by atoms with Crippen LogP contribution < -0.4 is 0 Å². The van der Waals surface area contributed by atoms with Gasteiger partial charge in [-0.3, -0.25) is 9.89 Å². The van der Waals surface area contributed by atoms with Crippen LogP contribution in [0.5, 0.6) is 0 Å². The molecule has 0 aromatic carbocycles. The Labute approximate surface area is 158 Å². The van der Waals surface area contributed by atoms with Gasteiger partial charge in [0.15, 0.2) is 0 Å². The van der Waals surface area contributed by atoms with Crippen LogP contribution in [-0.4, -0.2) is 59.9 Å². The van der Waals surface area contributed by atoms with E-state index in [9.17, 15) is 13.2 Å². The fourth-order valence-electron chi connectivity index (χ4n) is 3.10. The van der Waals surface area contributed by atoms with Crippen molar-refractivity contribution < 1.29 is 13.2 Å². The van der Waals surface area contributed by atoms with Crippen molar-refractivity contribution >= 4 is 27.3 Å². The number of aromatic amines is 1. The van der Waals surface area contributed by atoms with Gasteiger partial charge < -0.3 is 4.90 Å². The summed E-state index contributed by atoms with van der Waals surface area (Å²) in [6.07, 6.45) is 0. The van der Waals surface area contributed by atoms with Gasteiger partial charge in [0.2, 0.25) is 0 Å². The molecule has 1 fully saturated rings. The summed E-state index contributed by atoms with van der Waals surface area (Å²) < 4.78 is 27.3. The Morgan fingerprint density at radius 2 is 1.85 bits per heavy atom. The second-order valence-corrected chi connectivity index (χ2v) is 10.3. The molecular weight excluding hydrogens is 372 g/mol. The number of nitrogens with zero attached hydrogens (tertiary/aromatic N) is 3. The predicted molar refractivity (Wildman–Crippen MR) is 101 cm³/mol. The minimum absolute atomic E-state index is 0.0797. The number of rotatable bonds is 4. The van der Waals surface area contributed by atoms with E-state index in [4.69, 9.17) is 0 Å². The zero-order valence-corrected chi connectivity index (χ0v) is 17.1. The van der Waals surface area contributed by atoms with Crippen molar-refractivity contribution in [1.29, 1.82) is 0 Å². The summed E-state index contributed by atoms with van der Waals surface area (Å²) in [7, 11) is -3.48. The second-order valence-electron chi connectivity index (χ2n) is 6.82. The molecule has 0 aliphatic carbocycles. The highest BCUT2D eigenvalue weighted by molar-refractivity contribution is 7.91. The van der Waals surface area contributed by atoms with Gasteiger partial charge >= 0.3 is 0 Å². The molecule has 0 unspecified atom stereocenters. The SMILES string of the molecule is Cc1ccc(S(=O)(=O)N2CCN(C(=O)c3c(C(C)C)n[nH]c3C)CC2)s1. The second kappa shape index (κ2) is 7.13. The monoisotopic (exact) mass is 396 g/mol. The molecule has 1 aliphatic rings. The van der Waals surface area contributed by atoms with Crippen molar-refractivity contribution in [3.8, 4) is 0 Å². The number of amides is 1. The maximum atomic E-state index is 12.9. The van der Waals surface area contributed by atoms with Crippen molar-refractivity contribution in [2.75, 3.05) is 26.2 Å². The molecule has 3 heterocycles. The number of aromatic nitrogens is 2. The Bertz CT molecular complexity index is 906. The van der Waals surface area contributed by atoms with Crippen molar-refractivity contribution in [3.63, 3.8) is 0 Å². The van der Waals surface area contributed by atoms with E-state index in [1.54, 1.807) is 11.0 Å². The molecule has 26 heavy (non-hydrogen) atoms. The van der Waals surface area contributed by atoms with E-state index in [2.05, 4.69) is 10.2 Å². The van der Waals surface area contributed by atoms with E-state index in [1.165, 1.54) is 15.6 Å². The first-order valence-electron chi connectivity index (χ1n) is 8.62. The zero-order chi connectivity index (χ0) is 19.1. The minimum atomic E-state index is -3.48. The van der Waals surface area contributed by atoms with Gasteiger partial charge in [0.25, 0.3) is 15.9 Å². The summed E-state index contributed by atoms with van der Waals surface area (Å²) in [4.78, 5) is 15.6. The van der Waals surface area contributed by atoms with Crippen LogP contribution in [0, 0.1) is 13.8 Å². The summed E-state index contributed by atoms with van der Waals surface area (Å²) in [6, 6.07) is 3.46. The van der Waals surface area contributed by atoms with E-state index in [-0.39, 0.29) is 11.8 Å². The third-order valence-corrected chi connectivity index (χ3v) is 7.94. The van der Waals surface area contributed by atoms with Gasteiger partial charge in [-0.15, -0.1) is 11.3 Å². The van der Waals surface area contributed by atoms with Crippen LogP contribution >= 0.6 is 11.3 Å². The van der Waals surface area contributed by atoms with E-state index in [1.807, 2.05) is 33.8 Å². The number of hydrogen-bond acceptors (Lipinski definition) is 5. The number of thiophene rings is 1. The van der Waals surface area contributed by atoms with Crippen LogP contribution in [0.15, 0.2) is 16.3 Å². The molecule has 2 aromatic rings. The Morgan fingerprint density at radius 3 is 2.38 bits per heavy atom. The Kier molecular flexibility index (Phi) is 5.23. The normalized spacial score (nSPS) is 16.4. The lowest BCUT2D eigenvalue weighted by atomic mass is 10.0. The number of H-pyrrole nitrogens is 1. The van der Waals surface area contributed by atoms with Gasteiger partial charge in [-0.2, -0.15) is 9.40 Å². The topological polar surface area (TPSA) is 86.4 Å². The number of carbonyl (C=O) groups is 1. The molecule has 9 heteroatoms. The lowest BCUT2D eigenvalue weighted by Crippen LogP contribution is -2.50. The van der Waals surface area contributed by atoms with Gasteiger partial charge in [0.05, 0.1) is 11.3 Å².